The van der Waals surface area contributed by atoms with Crippen LogP contribution in [0.5, 0.6) is 5.75 Å². The fraction of sp³-hybridized carbons (Fsp3) is 0.111. The first-order valence-corrected chi connectivity index (χ1v) is 8.11. The smallest absolute Gasteiger partial charge is 0.258 e. The van der Waals surface area contributed by atoms with Gasteiger partial charge >= 0.3 is 0 Å². The SMILES string of the molecule is COc1cc(Cl)c(C)cc1Nc1ccc(NC(=O)c2cccnc2)nn1. The molecule has 0 atom stereocenters. The molecule has 2 N–H and O–H groups in total. The molecule has 1 aromatic carbocycles. The highest BCUT2D eigenvalue weighted by atomic mass is 35.5. The zero-order valence-electron chi connectivity index (χ0n) is 14.2. The second kappa shape index (κ2) is 7.79. The first kappa shape index (κ1) is 17.6. The molecular weight excluding hydrogens is 354 g/mol. The molecule has 0 aliphatic rings. The Kier molecular flexibility index (Phi) is 5.28. The van der Waals surface area contributed by atoms with Crippen LogP contribution in [0.1, 0.15) is 15.9 Å². The molecule has 0 aliphatic carbocycles. The number of hydrogen-bond acceptors (Lipinski definition) is 6. The first-order valence-electron chi connectivity index (χ1n) is 7.73. The van der Waals surface area contributed by atoms with Crippen molar-refractivity contribution in [1.29, 1.82) is 0 Å². The molecule has 0 saturated heterocycles. The molecule has 0 bridgehead atoms. The van der Waals surface area contributed by atoms with Gasteiger partial charge in [-0.1, -0.05) is 11.6 Å². The van der Waals surface area contributed by atoms with Gasteiger partial charge in [0.25, 0.3) is 5.91 Å². The van der Waals surface area contributed by atoms with Gasteiger partial charge in [0.05, 0.1) is 18.4 Å². The molecular formula is C18H16ClN5O2. The Morgan fingerprint density at radius 3 is 2.58 bits per heavy atom. The van der Waals surface area contributed by atoms with Crippen LogP contribution in [-0.2, 0) is 0 Å². The standard InChI is InChI=1S/C18H16ClN5O2/c1-11-8-14(15(26-2)9-13(11)19)21-16-5-6-17(24-23-16)22-18(25)12-4-3-7-20-10-12/h3-10H,1-2H3,(H,21,23)(H,22,24,25). The summed E-state index contributed by atoms with van der Waals surface area (Å²) in [5, 5.41) is 14.5. The van der Waals surface area contributed by atoms with Gasteiger partial charge in [0.1, 0.15) is 5.75 Å². The van der Waals surface area contributed by atoms with Crippen molar-refractivity contribution in [3.05, 3.63) is 64.9 Å². The van der Waals surface area contributed by atoms with Crippen LogP contribution in [0.15, 0.2) is 48.8 Å². The monoisotopic (exact) mass is 369 g/mol. The predicted octanol–water partition coefficient (Wildman–Crippen LogP) is 3.84. The van der Waals surface area contributed by atoms with E-state index in [1.54, 1.807) is 43.6 Å². The molecule has 0 aliphatic heterocycles. The van der Waals surface area contributed by atoms with Crippen LogP contribution in [-0.4, -0.2) is 28.2 Å². The second-order valence-corrected chi connectivity index (χ2v) is 5.83. The molecule has 8 heteroatoms. The largest absolute Gasteiger partial charge is 0.495 e. The number of carbonyl (C=O) groups is 1. The lowest BCUT2D eigenvalue weighted by Gasteiger charge is -2.12. The molecule has 7 nitrogen and oxygen atoms in total. The number of anilines is 3. The molecule has 0 fully saturated rings. The summed E-state index contributed by atoms with van der Waals surface area (Å²) in [5.74, 6) is 1.13. The Morgan fingerprint density at radius 2 is 1.92 bits per heavy atom. The Labute approximate surface area is 155 Å². The summed E-state index contributed by atoms with van der Waals surface area (Å²) in [5.41, 5.74) is 2.07. The molecule has 0 saturated carbocycles. The number of aryl methyl sites for hydroxylation is 1. The summed E-state index contributed by atoms with van der Waals surface area (Å²) in [7, 11) is 1.56. The summed E-state index contributed by atoms with van der Waals surface area (Å²) in [6, 6.07) is 10.3. The van der Waals surface area contributed by atoms with Gasteiger partial charge in [-0.3, -0.25) is 9.78 Å². The van der Waals surface area contributed by atoms with Crippen molar-refractivity contribution >= 4 is 34.8 Å². The highest BCUT2D eigenvalue weighted by Crippen LogP contribution is 2.32. The molecule has 1 amide bonds. The summed E-state index contributed by atoms with van der Waals surface area (Å²) in [4.78, 5) is 16.0. The fourth-order valence-corrected chi connectivity index (χ4v) is 2.37. The summed E-state index contributed by atoms with van der Waals surface area (Å²) >= 11 is 6.11. The average molecular weight is 370 g/mol. The maximum absolute atomic E-state index is 12.1. The fourth-order valence-electron chi connectivity index (χ4n) is 2.22. The van der Waals surface area contributed by atoms with Crippen molar-refractivity contribution in [2.45, 2.75) is 6.92 Å². The minimum atomic E-state index is -0.303. The maximum atomic E-state index is 12.1. The molecule has 3 aromatic rings. The average Bonchev–Trinajstić information content (AvgIpc) is 2.66. The van der Waals surface area contributed by atoms with E-state index in [1.807, 2.05) is 13.0 Å². The van der Waals surface area contributed by atoms with Crippen molar-refractivity contribution in [2.75, 3.05) is 17.7 Å². The van der Waals surface area contributed by atoms with Crippen molar-refractivity contribution < 1.29 is 9.53 Å². The Morgan fingerprint density at radius 1 is 1.15 bits per heavy atom. The third-order valence-electron chi connectivity index (χ3n) is 3.57. The molecule has 0 radical (unpaired) electrons. The number of nitrogens with zero attached hydrogens (tertiary/aromatic N) is 3. The molecule has 0 unspecified atom stereocenters. The molecule has 2 aromatic heterocycles. The van der Waals surface area contributed by atoms with Gasteiger partial charge in [-0.2, -0.15) is 0 Å². The number of halogens is 1. The number of aromatic nitrogens is 3. The van der Waals surface area contributed by atoms with Gasteiger partial charge in [-0.25, -0.2) is 0 Å². The van der Waals surface area contributed by atoms with E-state index in [4.69, 9.17) is 16.3 Å². The highest BCUT2D eigenvalue weighted by Gasteiger charge is 2.10. The molecule has 3 rings (SSSR count). The van der Waals surface area contributed by atoms with Gasteiger partial charge in [-0.05, 0) is 42.8 Å². The third-order valence-corrected chi connectivity index (χ3v) is 3.98. The lowest BCUT2D eigenvalue weighted by atomic mass is 10.2. The van der Waals surface area contributed by atoms with Gasteiger partial charge in [0.2, 0.25) is 0 Å². The Bertz CT molecular complexity index is 917. The van der Waals surface area contributed by atoms with Crippen LogP contribution in [0.3, 0.4) is 0 Å². The van der Waals surface area contributed by atoms with Crippen LogP contribution >= 0.6 is 11.6 Å². The molecule has 0 spiro atoms. The Hall–Kier alpha value is -3.19. The lowest BCUT2D eigenvalue weighted by Crippen LogP contribution is -2.13. The van der Waals surface area contributed by atoms with Crippen molar-refractivity contribution in [3.8, 4) is 5.75 Å². The number of benzene rings is 1. The summed E-state index contributed by atoms with van der Waals surface area (Å²) in [6.07, 6.45) is 3.08. The number of ether oxygens (including phenoxy) is 1. The second-order valence-electron chi connectivity index (χ2n) is 5.43. The quantitative estimate of drug-likeness (QED) is 0.710. The van der Waals surface area contributed by atoms with E-state index in [-0.39, 0.29) is 5.91 Å². The number of rotatable bonds is 5. The van der Waals surface area contributed by atoms with Gasteiger partial charge in [0.15, 0.2) is 11.6 Å². The topological polar surface area (TPSA) is 89.0 Å². The normalized spacial score (nSPS) is 10.3. The van der Waals surface area contributed by atoms with Gasteiger partial charge < -0.3 is 15.4 Å². The lowest BCUT2D eigenvalue weighted by molar-refractivity contribution is 0.102. The van der Waals surface area contributed by atoms with E-state index in [0.29, 0.717) is 28.0 Å². The molecule has 2 heterocycles. The van der Waals surface area contributed by atoms with Gasteiger partial charge in [-0.15, -0.1) is 10.2 Å². The van der Waals surface area contributed by atoms with E-state index in [9.17, 15) is 4.79 Å². The minimum Gasteiger partial charge on any atom is -0.495 e. The minimum absolute atomic E-state index is 0.303. The van der Waals surface area contributed by atoms with Crippen molar-refractivity contribution in [1.82, 2.24) is 15.2 Å². The zero-order valence-corrected chi connectivity index (χ0v) is 14.9. The molecule has 26 heavy (non-hydrogen) atoms. The predicted molar refractivity (Wildman–Crippen MR) is 100 cm³/mol. The number of amides is 1. The van der Waals surface area contributed by atoms with Crippen LogP contribution in [0.25, 0.3) is 0 Å². The van der Waals surface area contributed by atoms with E-state index in [0.717, 1.165) is 11.3 Å². The van der Waals surface area contributed by atoms with Crippen LogP contribution in [0.2, 0.25) is 5.02 Å². The van der Waals surface area contributed by atoms with E-state index < -0.39 is 0 Å². The van der Waals surface area contributed by atoms with Crippen molar-refractivity contribution in [2.24, 2.45) is 0 Å². The highest BCUT2D eigenvalue weighted by molar-refractivity contribution is 6.31. The number of pyridine rings is 1. The number of hydrogen-bond donors (Lipinski definition) is 2. The first-order chi connectivity index (χ1) is 12.6. The Balaban J connectivity index is 1.72. The summed E-state index contributed by atoms with van der Waals surface area (Å²) < 4.78 is 5.32. The van der Waals surface area contributed by atoms with Crippen LogP contribution < -0.4 is 15.4 Å². The number of methoxy groups -OCH3 is 1. The van der Waals surface area contributed by atoms with Crippen LogP contribution in [0.4, 0.5) is 17.3 Å². The molecule has 132 valence electrons. The number of carbonyl (C=O) groups excluding carboxylic acids is 1. The maximum Gasteiger partial charge on any atom is 0.258 e. The van der Waals surface area contributed by atoms with E-state index >= 15 is 0 Å². The van der Waals surface area contributed by atoms with Gasteiger partial charge in [0, 0.05) is 23.5 Å². The number of nitrogens with one attached hydrogen (secondary N) is 2. The zero-order chi connectivity index (χ0) is 18.5. The summed E-state index contributed by atoms with van der Waals surface area (Å²) in [6.45, 7) is 1.90. The van der Waals surface area contributed by atoms with E-state index in [1.165, 1.54) is 6.20 Å². The van der Waals surface area contributed by atoms with Crippen molar-refractivity contribution in [3.63, 3.8) is 0 Å². The van der Waals surface area contributed by atoms with Crippen LogP contribution in [0, 0.1) is 6.92 Å². The van der Waals surface area contributed by atoms with E-state index in [2.05, 4.69) is 25.8 Å². The third kappa shape index (κ3) is 4.07.